The Bertz CT molecular complexity index is 2510. The van der Waals surface area contributed by atoms with Crippen molar-refractivity contribution in [2.45, 2.75) is 88.5 Å². The number of ether oxygens (including phenoxy) is 2. The van der Waals surface area contributed by atoms with Crippen molar-refractivity contribution in [1.82, 2.24) is 29.8 Å². The quantitative estimate of drug-likeness (QED) is 0.0209. The van der Waals surface area contributed by atoms with Crippen molar-refractivity contribution < 1.29 is 19.2 Å². The fourth-order valence-electron chi connectivity index (χ4n) is 9.76. The minimum absolute atomic E-state index is 0.0547. The van der Waals surface area contributed by atoms with E-state index in [1.807, 2.05) is 36.7 Å². The van der Waals surface area contributed by atoms with Crippen LogP contribution in [0.15, 0.2) is 102 Å². The summed E-state index contributed by atoms with van der Waals surface area (Å²) in [5, 5.41) is 15.8. The molecule has 344 valence electrons. The monoisotopic (exact) mass is 902 g/mol. The molecular formula is C49H62N10O5S. The van der Waals surface area contributed by atoms with E-state index >= 15 is 0 Å². The Morgan fingerprint density at radius 2 is 1.83 bits per heavy atom. The summed E-state index contributed by atoms with van der Waals surface area (Å²) in [6.45, 7) is 14.3. The second-order valence-electron chi connectivity index (χ2n) is 18.4. The van der Waals surface area contributed by atoms with E-state index in [-0.39, 0.29) is 22.8 Å². The molecule has 2 aliphatic heterocycles. The van der Waals surface area contributed by atoms with Crippen LogP contribution in [-0.4, -0.2) is 95.3 Å². The number of nitrogens with two attached hydrogens (primary N) is 2. The number of nitro groups is 1. The summed E-state index contributed by atoms with van der Waals surface area (Å²) in [6.07, 6.45) is 9.55. The Labute approximate surface area is 385 Å². The summed E-state index contributed by atoms with van der Waals surface area (Å²) in [7, 11) is 1.67. The number of aromatic amines is 1. The third-order valence-electron chi connectivity index (χ3n) is 13.4. The van der Waals surface area contributed by atoms with Crippen molar-refractivity contribution in [2.24, 2.45) is 11.1 Å². The summed E-state index contributed by atoms with van der Waals surface area (Å²) in [5.41, 5.74) is 18.3. The van der Waals surface area contributed by atoms with E-state index in [2.05, 4.69) is 86.7 Å². The van der Waals surface area contributed by atoms with E-state index in [1.54, 1.807) is 25.4 Å². The highest BCUT2D eigenvalue weighted by atomic mass is 32.2. The maximum absolute atomic E-state index is 13.8. The average molecular weight is 903 g/mol. The van der Waals surface area contributed by atoms with E-state index in [1.165, 1.54) is 36.1 Å². The van der Waals surface area contributed by atoms with Gasteiger partial charge in [-0.15, -0.1) is 0 Å². The Balaban J connectivity index is 0.962. The fourth-order valence-corrected chi connectivity index (χ4v) is 10.4. The summed E-state index contributed by atoms with van der Waals surface area (Å²) in [6, 6.07) is 24.0. The minimum atomic E-state index is -0.540. The molecule has 2 unspecified atom stereocenters. The van der Waals surface area contributed by atoms with Gasteiger partial charge in [-0.25, -0.2) is 4.98 Å². The first-order valence-corrected chi connectivity index (χ1v) is 23.4. The van der Waals surface area contributed by atoms with Gasteiger partial charge in [0.2, 0.25) is 0 Å². The van der Waals surface area contributed by atoms with Crippen LogP contribution in [0.25, 0.3) is 11.0 Å². The standard InChI is InChI=1S/C49H62N10O5S/c1-31(2)39-8-6-7-9-40(39)44-30-56(29-34(46(51)63-5)27-53-32(3)4)20-21-58(44)36-25-49(26-36)15-18-57(19-16-49)35-10-12-41(45(23-35)64-37-22-33-14-17-52-47(33)54-28-37)48(60)55-65-38-11-13-42(50)43(24-38)59(61)62/h6-14,17,22-24,27-28,31-32,36,44,46,53H,15-16,18-21,25-26,29-30,50-51H2,1-5H3,(H,52,54)(H,55,60)/b34-27-. The number of nitrogen functional groups attached to an aromatic ring is 1. The number of piperazine rings is 1. The molecular weight excluding hydrogens is 841 g/mol. The van der Waals surface area contributed by atoms with Crippen LogP contribution in [0.1, 0.15) is 86.8 Å². The number of carbonyl (C=O) groups is 1. The topological polar surface area (TPSA) is 193 Å². The van der Waals surface area contributed by atoms with Gasteiger partial charge in [0, 0.05) is 111 Å². The van der Waals surface area contributed by atoms with Gasteiger partial charge in [0.15, 0.2) is 0 Å². The smallest absolute Gasteiger partial charge is 0.293 e. The molecule has 3 fully saturated rings. The van der Waals surface area contributed by atoms with Crippen LogP contribution in [-0.2, 0) is 4.74 Å². The summed E-state index contributed by atoms with van der Waals surface area (Å²) in [4.78, 5) is 40.5. The van der Waals surface area contributed by atoms with E-state index < -0.39 is 17.1 Å². The molecule has 3 aliphatic rings. The van der Waals surface area contributed by atoms with E-state index in [0.29, 0.717) is 40.0 Å². The summed E-state index contributed by atoms with van der Waals surface area (Å²) >= 11 is 0.978. The molecule has 15 nitrogen and oxygen atoms in total. The van der Waals surface area contributed by atoms with Crippen LogP contribution in [0.2, 0.25) is 0 Å². The van der Waals surface area contributed by atoms with Crippen LogP contribution >= 0.6 is 11.9 Å². The Kier molecular flexibility index (Phi) is 14.0. The van der Waals surface area contributed by atoms with E-state index in [9.17, 15) is 14.9 Å². The fraction of sp³-hybridized carbons (Fsp3) is 0.429. The molecule has 5 aromatic rings. The van der Waals surface area contributed by atoms with Crippen molar-refractivity contribution in [3.8, 4) is 11.5 Å². The largest absolute Gasteiger partial charge is 0.455 e. The molecule has 1 spiro atoms. The lowest BCUT2D eigenvalue weighted by molar-refractivity contribution is -0.384. The van der Waals surface area contributed by atoms with Gasteiger partial charge in [-0.3, -0.25) is 29.4 Å². The first-order valence-electron chi connectivity index (χ1n) is 22.6. The zero-order chi connectivity index (χ0) is 45.8. The van der Waals surface area contributed by atoms with Gasteiger partial charge in [-0.2, -0.15) is 0 Å². The van der Waals surface area contributed by atoms with Gasteiger partial charge in [0.05, 0.1) is 16.7 Å². The van der Waals surface area contributed by atoms with Crippen molar-refractivity contribution >= 4 is 46.0 Å². The number of carbonyl (C=O) groups excluding carboxylic acids is 1. The van der Waals surface area contributed by atoms with Gasteiger partial charge in [-0.1, -0.05) is 38.1 Å². The molecule has 2 saturated heterocycles. The number of aromatic nitrogens is 2. The number of methoxy groups -OCH3 is 1. The van der Waals surface area contributed by atoms with Gasteiger partial charge >= 0.3 is 0 Å². The molecule has 1 saturated carbocycles. The van der Waals surface area contributed by atoms with Crippen molar-refractivity contribution in [3.63, 3.8) is 0 Å². The zero-order valence-electron chi connectivity index (χ0n) is 38.0. The van der Waals surface area contributed by atoms with Gasteiger partial charge in [-0.05, 0) is 110 Å². The molecule has 2 atom stereocenters. The molecule has 3 aromatic carbocycles. The second kappa shape index (κ2) is 19.8. The Hall–Kier alpha value is -5.65. The minimum Gasteiger partial charge on any atom is -0.455 e. The number of rotatable bonds is 16. The number of pyridine rings is 1. The zero-order valence-corrected chi connectivity index (χ0v) is 38.8. The molecule has 7 N–H and O–H groups in total. The number of nitrogens with zero attached hydrogens (tertiary/aromatic N) is 5. The first kappa shape index (κ1) is 45.9. The van der Waals surface area contributed by atoms with Crippen molar-refractivity contribution in [2.75, 3.05) is 57.0 Å². The van der Waals surface area contributed by atoms with Crippen molar-refractivity contribution in [1.29, 1.82) is 0 Å². The number of nitrogens with one attached hydrogen (secondary N) is 3. The maximum Gasteiger partial charge on any atom is 0.293 e. The molecule has 1 amide bonds. The third-order valence-corrected chi connectivity index (χ3v) is 14.2. The van der Waals surface area contributed by atoms with Crippen molar-refractivity contribution in [3.05, 3.63) is 124 Å². The Morgan fingerprint density at radius 1 is 1.05 bits per heavy atom. The second-order valence-corrected chi connectivity index (χ2v) is 19.3. The van der Waals surface area contributed by atoms with Crippen LogP contribution in [0.3, 0.4) is 0 Å². The number of fused-ring (bicyclic) bond motifs is 1. The number of hydrogen-bond donors (Lipinski definition) is 5. The predicted octanol–water partition coefficient (Wildman–Crippen LogP) is 8.33. The number of H-pyrrole nitrogens is 1. The molecule has 1 aliphatic carbocycles. The number of hydrogen-bond acceptors (Lipinski definition) is 13. The number of nitro benzene ring substituents is 1. The summed E-state index contributed by atoms with van der Waals surface area (Å²) < 4.78 is 14.9. The number of amides is 1. The normalized spacial score (nSPS) is 18.9. The maximum atomic E-state index is 13.8. The van der Waals surface area contributed by atoms with Crippen LogP contribution < -0.4 is 31.1 Å². The molecule has 2 aromatic heterocycles. The highest BCUT2D eigenvalue weighted by Gasteiger charge is 2.50. The molecule has 65 heavy (non-hydrogen) atoms. The number of anilines is 2. The molecule has 4 heterocycles. The predicted molar refractivity (Wildman–Crippen MR) is 258 cm³/mol. The number of benzene rings is 3. The highest BCUT2D eigenvalue weighted by molar-refractivity contribution is 7.98. The average Bonchev–Trinajstić information content (AvgIpc) is 3.77. The number of piperidine rings is 1. The lowest BCUT2D eigenvalue weighted by Gasteiger charge is -2.58. The molecule has 8 rings (SSSR count). The van der Waals surface area contributed by atoms with E-state index in [0.717, 1.165) is 86.4 Å². The molecule has 16 heteroatoms. The van der Waals surface area contributed by atoms with Crippen LogP contribution in [0.5, 0.6) is 11.5 Å². The SMILES string of the molecule is COC(N)/C(=C\NC(C)C)CN1CCN(C2CC3(CCN(c4ccc(C(=O)NSc5ccc(N)c([N+](=O)[O-])c5)c(Oc5cnc6[nH]ccc6c5)c4)CC3)C2)C(c2ccccc2C(C)C)C1. The summed E-state index contributed by atoms with van der Waals surface area (Å²) in [5.74, 6) is 0.900. The van der Waals surface area contributed by atoms with Crippen LogP contribution in [0.4, 0.5) is 17.1 Å². The third kappa shape index (κ3) is 10.4. The highest BCUT2D eigenvalue weighted by Crippen LogP contribution is 2.53. The molecule has 0 radical (unpaired) electrons. The van der Waals surface area contributed by atoms with Gasteiger partial charge in [0.25, 0.3) is 11.6 Å². The van der Waals surface area contributed by atoms with Crippen LogP contribution in [0, 0.1) is 15.5 Å². The first-order chi connectivity index (χ1) is 31.3. The Morgan fingerprint density at radius 3 is 2.57 bits per heavy atom. The van der Waals surface area contributed by atoms with Gasteiger partial charge < -0.3 is 36.1 Å². The van der Waals surface area contributed by atoms with Gasteiger partial charge in [0.1, 0.15) is 29.1 Å². The van der Waals surface area contributed by atoms with E-state index in [4.69, 9.17) is 20.9 Å². The lowest BCUT2D eigenvalue weighted by Crippen LogP contribution is -2.60. The molecule has 0 bridgehead atoms. The lowest BCUT2D eigenvalue weighted by atomic mass is 9.59.